The minimum absolute atomic E-state index is 0. The Morgan fingerprint density at radius 1 is 1.23 bits per heavy atom. The monoisotopic (exact) mass is 325 g/mol. The summed E-state index contributed by atoms with van der Waals surface area (Å²) in [6.07, 6.45) is 3.91. The molecule has 0 radical (unpaired) electrons. The molecule has 4 N–H and O–H groups in total. The van der Waals surface area contributed by atoms with Crippen LogP contribution in [0, 0.1) is 12.8 Å². The number of hydrogen-bond acceptors (Lipinski definition) is 3. The summed E-state index contributed by atoms with van der Waals surface area (Å²) >= 11 is 0. The van der Waals surface area contributed by atoms with Crippen LogP contribution in [-0.2, 0) is 4.79 Å². The summed E-state index contributed by atoms with van der Waals surface area (Å²) in [4.78, 5) is 23.6. The Labute approximate surface area is 137 Å². The van der Waals surface area contributed by atoms with Crippen molar-refractivity contribution in [1.82, 2.24) is 10.6 Å². The lowest BCUT2D eigenvalue weighted by Crippen LogP contribution is -2.36. The van der Waals surface area contributed by atoms with Crippen LogP contribution in [-0.4, -0.2) is 24.9 Å². The molecule has 0 spiro atoms. The van der Waals surface area contributed by atoms with Gasteiger partial charge in [-0.2, -0.15) is 0 Å². The maximum Gasteiger partial charge on any atom is 0.251 e. The molecule has 1 aliphatic carbocycles. The highest BCUT2D eigenvalue weighted by Crippen LogP contribution is 2.25. The van der Waals surface area contributed by atoms with Gasteiger partial charge >= 0.3 is 0 Å². The maximum atomic E-state index is 12.0. The molecular formula is C16H24ClN3O2. The van der Waals surface area contributed by atoms with Gasteiger partial charge in [-0.3, -0.25) is 9.59 Å². The lowest BCUT2D eigenvalue weighted by molar-refractivity contribution is -0.127. The van der Waals surface area contributed by atoms with Gasteiger partial charge in [0.05, 0.1) is 0 Å². The van der Waals surface area contributed by atoms with Crippen molar-refractivity contribution in [2.24, 2.45) is 5.92 Å². The zero-order chi connectivity index (χ0) is 15.2. The van der Waals surface area contributed by atoms with E-state index in [1.807, 2.05) is 13.0 Å². The number of halogens is 1. The third-order valence-electron chi connectivity index (χ3n) is 3.92. The van der Waals surface area contributed by atoms with E-state index in [9.17, 15) is 9.59 Å². The zero-order valence-corrected chi connectivity index (χ0v) is 13.7. The highest BCUT2D eigenvalue weighted by Gasteiger charge is 2.24. The molecule has 1 aromatic carbocycles. The molecule has 0 atom stereocenters. The second kappa shape index (κ2) is 8.63. The topological polar surface area (TPSA) is 84.2 Å². The molecule has 1 aliphatic rings. The summed E-state index contributed by atoms with van der Waals surface area (Å²) in [5.74, 6) is 0.249. The van der Waals surface area contributed by atoms with Gasteiger partial charge in [0.15, 0.2) is 0 Å². The first-order valence-electron chi connectivity index (χ1n) is 7.50. The number of amides is 2. The minimum Gasteiger partial charge on any atom is -0.399 e. The van der Waals surface area contributed by atoms with Crippen LogP contribution in [0.25, 0.3) is 0 Å². The Bertz CT molecular complexity index is 530. The van der Waals surface area contributed by atoms with Gasteiger partial charge in [0.2, 0.25) is 5.91 Å². The van der Waals surface area contributed by atoms with Crippen molar-refractivity contribution in [3.05, 3.63) is 29.3 Å². The first-order valence-corrected chi connectivity index (χ1v) is 7.50. The van der Waals surface area contributed by atoms with Crippen molar-refractivity contribution < 1.29 is 9.59 Å². The molecule has 2 rings (SSSR count). The third-order valence-corrected chi connectivity index (χ3v) is 3.92. The fourth-order valence-electron chi connectivity index (χ4n) is 2.30. The lowest BCUT2D eigenvalue weighted by Gasteiger charge is -2.24. The van der Waals surface area contributed by atoms with Crippen LogP contribution in [0.5, 0.6) is 0 Å². The number of nitrogens with one attached hydrogen (secondary N) is 2. The summed E-state index contributed by atoms with van der Waals surface area (Å²) in [7, 11) is 0. The maximum absolute atomic E-state index is 12.0. The lowest BCUT2D eigenvalue weighted by atomic mass is 9.85. The molecule has 22 heavy (non-hydrogen) atoms. The van der Waals surface area contributed by atoms with E-state index in [4.69, 9.17) is 5.73 Å². The predicted octanol–water partition coefficient (Wildman–Crippen LogP) is 2.04. The van der Waals surface area contributed by atoms with Gasteiger partial charge in [-0.05, 0) is 43.9 Å². The molecule has 0 aliphatic heterocycles. The van der Waals surface area contributed by atoms with Crippen LogP contribution in [0.2, 0.25) is 0 Å². The molecule has 0 unspecified atom stereocenters. The predicted molar refractivity (Wildman–Crippen MR) is 90.1 cm³/mol. The molecule has 0 saturated heterocycles. The van der Waals surface area contributed by atoms with E-state index < -0.39 is 0 Å². The van der Waals surface area contributed by atoms with Crippen LogP contribution >= 0.6 is 12.4 Å². The fourth-order valence-corrected chi connectivity index (χ4v) is 2.30. The van der Waals surface area contributed by atoms with E-state index in [1.54, 1.807) is 12.1 Å². The smallest absolute Gasteiger partial charge is 0.251 e. The van der Waals surface area contributed by atoms with Crippen LogP contribution in [0.1, 0.15) is 41.6 Å². The Balaban J connectivity index is 0.00000242. The Hall–Kier alpha value is -1.75. The summed E-state index contributed by atoms with van der Waals surface area (Å²) in [6, 6.07) is 5.30. The van der Waals surface area contributed by atoms with Crippen molar-refractivity contribution in [1.29, 1.82) is 0 Å². The number of carbonyl (C=O) groups excluding carboxylic acids is 2. The summed E-state index contributed by atoms with van der Waals surface area (Å²) < 4.78 is 0. The summed E-state index contributed by atoms with van der Waals surface area (Å²) in [5.41, 5.74) is 7.78. The molecule has 0 aromatic heterocycles. The minimum atomic E-state index is -0.120. The van der Waals surface area contributed by atoms with Gasteiger partial charge in [-0.25, -0.2) is 0 Å². The molecule has 122 valence electrons. The van der Waals surface area contributed by atoms with Gasteiger partial charge in [0.25, 0.3) is 5.91 Å². The average molecular weight is 326 g/mol. The molecule has 1 fully saturated rings. The zero-order valence-electron chi connectivity index (χ0n) is 12.9. The quantitative estimate of drug-likeness (QED) is 0.552. The van der Waals surface area contributed by atoms with Crippen LogP contribution < -0.4 is 16.4 Å². The second-order valence-corrected chi connectivity index (χ2v) is 5.60. The van der Waals surface area contributed by atoms with E-state index in [-0.39, 0.29) is 30.1 Å². The molecule has 6 heteroatoms. The molecule has 1 saturated carbocycles. The number of anilines is 1. The summed E-state index contributed by atoms with van der Waals surface area (Å²) in [5, 5.41) is 5.76. The van der Waals surface area contributed by atoms with Gasteiger partial charge in [0, 0.05) is 30.3 Å². The number of aryl methyl sites for hydroxylation is 1. The summed E-state index contributed by atoms with van der Waals surface area (Å²) in [6.45, 7) is 3.02. The van der Waals surface area contributed by atoms with Crippen molar-refractivity contribution in [2.75, 3.05) is 18.8 Å². The number of rotatable bonds is 6. The van der Waals surface area contributed by atoms with Crippen LogP contribution in [0.4, 0.5) is 5.69 Å². The number of carbonyl (C=O) groups is 2. The van der Waals surface area contributed by atoms with E-state index in [2.05, 4.69) is 10.6 Å². The van der Waals surface area contributed by atoms with Gasteiger partial charge in [-0.15, -0.1) is 12.4 Å². The van der Waals surface area contributed by atoms with Gasteiger partial charge in [-0.1, -0.05) is 12.5 Å². The Kier molecular flexibility index (Phi) is 7.18. The van der Waals surface area contributed by atoms with E-state index in [0.717, 1.165) is 31.2 Å². The number of nitrogens with two attached hydrogens (primary N) is 1. The molecule has 2 amide bonds. The van der Waals surface area contributed by atoms with Crippen molar-refractivity contribution in [3.63, 3.8) is 0 Å². The van der Waals surface area contributed by atoms with Gasteiger partial charge < -0.3 is 16.4 Å². The highest BCUT2D eigenvalue weighted by molar-refractivity contribution is 5.96. The number of hydrogen-bond donors (Lipinski definition) is 3. The van der Waals surface area contributed by atoms with Crippen LogP contribution in [0.3, 0.4) is 0 Å². The molecular weight excluding hydrogens is 302 g/mol. The Morgan fingerprint density at radius 2 is 1.91 bits per heavy atom. The SMILES string of the molecule is Cc1ccc(N)cc1C(=O)NCCCNC(=O)C1CCC1.Cl. The second-order valence-electron chi connectivity index (χ2n) is 5.60. The highest BCUT2D eigenvalue weighted by atomic mass is 35.5. The van der Waals surface area contributed by atoms with Crippen molar-refractivity contribution in [2.45, 2.75) is 32.6 Å². The Morgan fingerprint density at radius 3 is 2.55 bits per heavy atom. The first kappa shape index (κ1) is 18.3. The standard InChI is InChI=1S/C16H23N3O2.ClH/c1-11-6-7-13(17)10-14(11)16(21)19-9-3-8-18-15(20)12-4-2-5-12;/h6-7,10,12H,2-5,8-9,17H2,1H3,(H,18,20)(H,19,21);1H. The molecule has 0 heterocycles. The van der Waals surface area contributed by atoms with Crippen molar-refractivity contribution >= 4 is 29.9 Å². The number of benzene rings is 1. The average Bonchev–Trinajstić information content (AvgIpc) is 2.39. The normalized spacial score (nSPS) is 13.7. The van der Waals surface area contributed by atoms with Gasteiger partial charge in [0.1, 0.15) is 0 Å². The third kappa shape index (κ3) is 4.91. The largest absolute Gasteiger partial charge is 0.399 e. The van der Waals surface area contributed by atoms with E-state index >= 15 is 0 Å². The molecule has 5 nitrogen and oxygen atoms in total. The fraction of sp³-hybridized carbons (Fsp3) is 0.500. The van der Waals surface area contributed by atoms with Crippen LogP contribution in [0.15, 0.2) is 18.2 Å². The first-order chi connectivity index (χ1) is 10.1. The van der Waals surface area contributed by atoms with E-state index in [1.165, 1.54) is 0 Å². The van der Waals surface area contributed by atoms with E-state index in [0.29, 0.717) is 24.3 Å². The molecule has 1 aromatic rings. The molecule has 0 bridgehead atoms. The van der Waals surface area contributed by atoms with Crippen molar-refractivity contribution in [3.8, 4) is 0 Å². The number of nitrogen functional groups attached to an aromatic ring is 1.